The number of rotatable bonds is 15. The number of nitrogens with zero attached hydrogens (tertiary/aromatic N) is 4. The van der Waals surface area contributed by atoms with Gasteiger partial charge in [0.15, 0.2) is 0 Å². The highest BCUT2D eigenvalue weighted by atomic mass is 16.5. The lowest BCUT2D eigenvalue weighted by atomic mass is 10.00. The molecule has 0 fully saturated rings. The van der Waals surface area contributed by atoms with Gasteiger partial charge in [-0.1, -0.05) is 13.8 Å². The Labute approximate surface area is 145 Å². The van der Waals surface area contributed by atoms with Crippen LogP contribution in [0.2, 0.25) is 0 Å². The molecule has 7 heteroatoms. The summed E-state index contributed by atoms with van der Waals surface area (Å²) in [6, 6.07) is 6.17. The molecule has 0 aromatic rings. The molecule has 0 amide bonds. The molecule has 7 nitrogen and oxygen atoms in total. The van der Waals surface area contributed by atoms with Crippen LogP contribution in [0.15, 0.2) is 0 Å². The van der Waals surface area contributed by atoms with Gasteiger partial charge in [-0.05, 0) is 13.1 Å². The van der Waals surface area contributed by atoms with Crippen molar-refractivity contribution in [2.45, 2.75) is 38.6 Å². The first-order chi connectivity index (χ1) is 11.7. The Morgan fingerprint density at radius 3 is 1.29 bits per heavy atom. The van der Waals surface area contributed by atoms with Gasteiger partial charge in [-0.15, -0.1) is 0 Å². The Hall–Kier alpha value is -1.69. The van der Waals surface area contributed by atoms with E-state index in [1.807, 2.05) is 0 Å². The molecule has 0 aliphatic rings. The fourth-order valence-electron chi connectivity index (χ4n) is 2.43. The van der Waals surface area contributed by atoms with Gasteiger partial charge in [-0.3, -0.25) is 4.90 Å². The van der Waals surface area contributed by atoms with Crippen LogP contribution in [-0.4, -0.2) is 63.2 Å². The minimum Gasteiger partial charge on any atom is -0.378 e. The molecule has 0 unspecified atom stereocenters. The lowest BCUT2D eigenvalue weighted by Gasteiger charge is -2.42. The normalized spacial score (nSPS) is 11.0. The SMILES string of the molecule is CCN(CC)C(COCCC#N)(COCCC#N)COCCC#N. The monoisotopic (exact) mass is 336 g/mol. The van der Waals surface area contributed by atoms with Gasteiger partial charge in [0.05, 0.1) is 82.7 Å². The van der Waals surface area contributed by atoms with Gasteiger partial charge in [0.1, 0.15) is 0 Å². The van der Waals surface area contributed by atoms with Gasteiger partial charge in [0.2, 0.25) is 0 Å². The minimum absolute atomic E-state index is 0.332. The maximum absolute atomic E-state index is 8.65. The average Bonchev–Trinajstić information content (AvgIpc) is 2.60. The van der Waals surface area contributed by atoms with Gasteiger partial charge in [-0.2, -0.15) is 15.8 Å². The van der Waals surface area contributed by atoms with E-state index in [1.54, 1.807) is 0 Å². The summed E-state index contributed by atoms with van der Waals surface area (Å²) in [6.45, 7) is 7.88. The molecule has 0 radical (unpaired) electrons. The lowest BCUT2D eigenvalue weighted by molar-refractivity contribution is -0.0953. The van der Waals surface area contributed by atoms with Crippen LogP contribution in [0.4, 0.5) is 0 Å². The molecule has 0 atom stereocenters. The van der Waals surface area contributed by atoms with Crippen LogP contribution in [-0.2, 0) is 14.2 Å². The Morgan fingerprint density at radius 2 is 1.04 bits per heavy atom. The van der Waals surface area contributed by atoms with Crippen molar-refractivity contribution in [3.63, 3.8) is 0 Å². The van der Waals surface area contributed by atoms with E-state index in [0.717, 1.165) is 13.1 Å². The second kappa shape index (κ2) is 14.9. The summed E-state index contributed by atoms with van der Waals surface area (Å²) >= 11 is 0. The highest BCUT2D eigenvalue weighted by Crippen LogP contribution is 2.19. The molecule has 134 valence electrons. The number of nitriles is 3. The molecule has 0 spiro atoms. The molecule has 0 aromatic heterocycles. The van der Waals surface area contributed by atoms with Gasteiger partial charge in [0, 0.05) is 0 Å². The first kappa shape index (κ1) is 22.3. The highest BCUT2D eigenvalue weighted by molar-refractivity contribution is 4.91. The fraction of sp³-hybridized carbons (Fsp3) is 0.824. The smallest absolute Gasteiger partial charge is 0.0914 e. The molecule has 0 aliphatic heterocycles. The summed E-state index contributed by atoms with van der Waals surface area (Å²) < 4.78 is 17.1. The van der Waals surface area contributed by atoms with Crippen LogP contribution in [0, 0.1) is 34.0 Å². The van der Waals surface area contributed by atoms with Crippen molar-refractivity contribution in [1.82, 2.24) is 4.90 Å². The molecule has 24 heavy (non-hydrogen) atoms. The van der Waals surface area contributed by atoms with E-state index in [4.69, 9.17) is 30.0 Å². The van der Waals surface area contributed by atoms with Crippen LogP contribution in [0.1, 0.15) is 33.1 Å². The number of hydrogen-bond acceptors (Lipinski definition) is 7. The van der Waals surface area contributed by atoms with Crippen molar-refractivity contribution < 1.29 is 14.2 Å². The predicted molar refractivity (Wildman–Crippen MR) is 88.8 cm³/mol. The summed E-state index contributed by atoms with van der Waals surface area (Å²) in [7, 11) is 0. The fourth-order valence-corrected chi connectivity index (χ4v) is 2.43. The first-order valence-electron chi connectivity index (χ1n) is 8.29. The maximum Gasteiger partial charge on any atom is 0.0914 e. The molecular formula is C17H28N4O3. The van der Waals surface area contributed by atoms with Crippen LogP contribution >= 0.6 is 0 Å². The zero-order chi connectivity index (χ0) is 18.1. The van der Waals surface area contributed by atoms with E-state index in [1.165, 1.54) is 0 Å². The van der Waals surface area contributed by atoms with Crippen LogP contribution in [0.25, 0.3) is 0 Å². The van der Waals surface area contributed by atoms with Gasteiger partial charge >= 0.3 is 0 Å². The Morgan fingerprint density at radius 1 is 0.708 bits per heavy atom. The third-order valence-electron chi connectivity index (χ3n) is 3.62. The molecule has 0 heterocycles. The van der Waals surface area contributed by atoms with E-state index < -0.39 is 5.54 Å². The van der Waals surface area contributed by atoms with E-state index in [-0.39, 0.29) is 0 Å². The third-order valence-corrected chi connectivity index (χ3v) is 3.62. The Bertz CT molecular complexity index is 378. The van der Waals surface area contributed by atoms with Crippen LogP contribution in [0.5, 0.6) is 0 Å². The van der Waals surface area contributed by atoms with Crippen LogP contribution in [0.3, 0.4) is 0 Å². The summed E-state index contributed by atoms with van der Waals surface area (Å²) in [6.07, 6.45) is 0.997. The largest absolute Gasteiger partial charge is 0.378 e. The van der Waals surface area contributed by atoms with Crippen molar-refractivity contribution >= 4 is 0 Å². The quantitative estimate of drug-likeness (QED) is 0.420. The topological polar surface area (TPSA) is 102 Å². The van der Waals surface area contributed by atoms with Crippen molar-refractivity contribution in [3.8, 4) is 18.2 Å². The highest BCUT2D eigenvalue weighted by Gasteiger charge is 2.36. The maximum atomic E-state index is 8.65. The van der Waals surface area contributed by atoms with Crippen LogP contribution < -0.4 is 0 Å². The first-order valence-corrected chi connectivity index (χ1v) is 8.29. The summed E-state index contributed by atoms with van der Waals surface area (Å²) in [5.74, 6) is 0. The second-order valence-electron chi connectivity index (χ2n) is 5.28. The predicted octanol–water partition coefficient (Wildman–Crippen LogP) is 1.86. The third kappa shape index (κ3) is 8.82. The number of likely N-dealkylation sites (N-methyl/N-ethyl adjacent to an activating group) is 1. The van der Waals surface area contributed by atoms with Gasteiger partial charge in [0.25, 0.3) is 0 Å². The second-order valence-corrected chi connectivity index (χ2v) is 5.28. The molecule has 0 aromatic carbocycles. The van der Waals surface area contributed by atoms with E-state index in [0.29, 0.717) is 58.9 Å². The Kier molecular flexibility index (Phi) is 13.8. The van der Waals surface area contributed by atoms with E-state index in [2.05, 4.69) is 37.0 Å². The molecule has 0 rings (SSSR count). The zero-order valence-corrected chi connectivity index (χ0v) is 14.8. The van der Waals surface area contributed by atoms with Crippen molar-refractivity contribution in [2.75, 3.05) is 52.7 Å². The van der Waals surface area contributed by atoms with E-state index in [9.17, 15) is 0 Å². The molecule has 0 bridgehead atoms. The molecule has 0 saturated heterocycles. The number of ether oxygens (including phenoxy) is 3. The zero-order valence-electron chi connectivity index (χ0n) is 14.8. The minimum atomic E-state index is -0.496. The van der Waals surface area contributed by atoms with Crippen molar-refractivity contribution in [3.05, 3.63) is 0 Å². The van der Waals surface area contributed by atoms with Gasteiger partial charge in [-0.25, -0.2) is 0 Å². The standard InChI is InChI=1S/C17H28N4O3/c1-3-21(4-2)17(14-22-11-5-8-18,15-23-12-6-9-19)16-24-13-7-10-20/h3-7,11-16H2,1-2H3. The van der Waals surface area contributed by atoms with Crippen molar-refractivity contribution in [1.29, 1.82) is 15.8 Å². The summed E-state index contributed by atoms with van der Waals surface area (Å²) in [5, 5.41) is 25.9. The number of hydrogen-bond donors (Lipinski definition) is 0. The average molecular weight is 336 g/mol. The molecule has 0 saturated carbocycles. The lowest BCUT2D eigenvalue weighted by Crippen LogP contribution is -2.58. The molecule has 0 N–H and O–H groups in total. The molecular weight excluding hydrogens is 308 g/mol. The van der Waals surface area contributed by atoms with Crippen molar-refractivity contribution in [2.24, 2.45) is 0 Å². The van der Waals surface area contributed by atoms with Gasteiger partial charge < -0.3 is 14.2 Å². The Balaban J connectivity index is 4.96. The molecule has 0 aliphatic carbocycles. The van der Waals surface area contributed by atoms with E-state index >= 15 is 0 Å². The summed E-state index contributed by atoms with van der Waals surface area (Å²) in [4.78, 5) is 2.21. The summed E-state index contributed by atoms with van der Waals surface area (Å²) in [5.41, 5.74) is -0.496.